The molecule has 0 radical (unpaired) electrons. The van der Waals surface area contributed by atoms with Crippen molar-refractivity contribution in [3.05, 3.63) is 0 Å². The van der Waals surface area contributed by atoms with Crippen LogP contribution in [0.25, 0.3) is 0 Å². The van der Waals surface area contributed by atoms with Gasteiger partial charge < -0.3 is 1.43 Å². The maximum atomic E-state index is 0. The Bertz CT molecular complexity index is 13.0. The molecule has 0 heterocycles. The van der Waals surface area contributed by atoms with Crippen LogP contribution in [-0.2, 0) is 21.7 Å². The van der Waals surface area contributed by atoms with E-state index >= 15 is 0 Å². The third kappa shape index (κ3) is 173. The van der Waals surface area contributed by atoms with Gasteiger partial charge in [0.1, 0.15) is 0 Å². The summed E-state index contributed by atoms with van der Waals surface area (Å²) in [6.45, 7) is 0. The fourth-order valence-electron chi connectivity index (χ4n) is 0. The minimum Gasteiger partial charge on any atom is -1.00 e. The van der Waals surface area contributed by atoms with Crippen LogP contribution in [0, 0.1) is 0 Å². The van der Waals surface area contributed by atoms with Crippen LogP contribution in [-0.4, -0.2) is 0 Å². The molecule has 0 bridgehead atoms. The summed E-state index contributed by atoms with van der Waals surface area (Å²) in [5, 5.41) is 0. The zero-order chi connectivity index (χ0) is 0. The van der Waals surface area contributed by atoms with Crippen LogP contribution in [0.2, 0.25) is 0 Å². The van der Waals surface area contributed by atoms with Crippen molar-refractivity contribution in [3.8, 4) is 0 Å². The number of rotatable bonds is 0. The minimum absolute atomic E-state index is 0. The third-order valence-electron chi connectivity index (χ3n) is 0. The van der Waals surface area contributed by atoms with Crippen LogP contribution in [0.5, 0.6) is 0 Å². The van der Waals surface area contributed by atoms with E-state index in [1.165, 1.54) is 0 Å². The molecule has 0 saturated carbocycles. The van der Waals surface area contributed by atoms with E-state index in [9.17, 15) is 0 Å². The Hall–Kier alpha value is 1.29. The van der Waals surface area contributed by atoms with Crippen molar-refractivity contribution in [2.75, 3.05) is 0 Å². The molecule has 0 aromatic carbocycles. The van der Waals surface area contributed by atoms with Crippen LogP contribution >= 0.6 is 0 Å². The smallest absolute Gasteiger partial charge is 1.00 e. The van der Waals surface area contributed by atoms with Gasteiger partial charge in [0.05, 0.1) is 0 Å². The van der Waals surface area contributed by atoms with Crippen molar-refractivity contribution >= 4 is 0 Å². The molecule has 54 valence electrons. The molecule has 0 aromatic rings. The van der Waals surface area contributed by atoms with Gasteiger partial charge in [-0.2, -0.15) is 0 Å². The van der Waals surface area contributed by atoms with Crippen LogP contribution in [0.1, 0.15) is 1.43 Å². The van der Waals surface area contributed by atoms with E-state index in [1.807, 2.05) is 0 Å². The Kier molecular flexibility index (Phi) is 12600. The summed E-state index contributed by atoms with van der Waals surface area (Å²) in [7, 11) is 0. The average molecular weight is 192 g/mol. The molecule has 0 N–H and O–H groups in total. The summed E-state index contributed by atoms with van der Waals surface area (Å²) in [6, 6.07) is 0. The molecular formula is H7F6NaTi. The van der Waals surface area contributed by atoms with Gasteiger partial charge in [-0.1, -0.05) is 0 Å². The third-order valence-corrected chi connectivity index (χ3v) is 0. The second-order valence-corrected chi connectivity index (χ2v) is 0. The predicted octanol–water partition coefficient (Wildman–Crippen LogP) is -1.97. The first-order valence-electron chi connectivity index (χ1n) is 0. The maximum absolute atomic E-state index is 0. The Balaban J connectivity index is 0. The van der Waals surface area contributed by atoms with Gasteiger partial charge in [0.2, 0.25) is 0 Å². The Morgan fingerprint density at radius 2 is 0.500 bits per heavy atom. The molecule has 0 aromatic heterocycles. The van der Waals surface area contributed by atoms with Gasteiger partial charge in [-0.15, -0.1) is 0 Å². The van der Waals surface area contributed by atoms with Gasteiger partial charge in [0.15, 0.2) is 0 Å². The van der Waals surface area contributed by atoms with Crippen molar-refractivity contribution in [2.45, 2.75) is 0 Å². The van der Waals surface area contributed by atoms with Crippen LogP contribution in [0.3, 0.4) is 0 Å². The van der Waals surface area contributed by atoms with E-state index in [2.05, 4.69) is 0 Å². The zero-order valence-electron chi connectivity index (χ0n) is 4.95. The first-order chi connectivity index (χ1) is 0. The fourth-order valence-corrected chi connectivity index (χ4v) is 0. The van der Waals surface area contributed by atoms with E-state index in [1.54, 1.807) is 0 Å². The van der Waals surface area contributed by atoms with Gasteiger partial charge in [-0.3, -0.25) is 28.2 Å². The summed E-state index contributed by atoms with van der Waals surface area (Å²) in [6.07, 6.45) is 0. The molecular weight excluding hydrogens is 185 g/mol. The topological polar surface area (TPSA) is 0 Å². The number of halogens is 6. The average Bonchev–Trinajstić information content (AvgIpc) is 0. The molecule has 0 atom stereocenters. The normalized spacial score (nSPS) is 0. The standard InChI is InChI=1S/6FH.Na.Ti.H/h6*1H;;;/q;;;;;;+1;;-1. The minimum atomic E-state index is 0. The number of hydrogen-bond donors (Lipinski definition) is 0. The molecule has 0 aliphatic carbocycles. The second-order valence-electron chi connectivity index (χ2n) is 0. The van der Waals surface area contributed by atoms with Gasteiger partial charge in [-0.25, -0.2) is 0 Å². The molecule has 0 fully saturated rings. The molecule has 0 spiro atoms. The van der Waals surface area contributed by atoms with Crippen molar-refractivity contribution in [1.82, 2.24) is 0 Å². The molecule has 0 unspecified atom stereocenters. The Labute approximate surface area is 80.6 Å². The van der Waals surface area contributed by atoms with Crippen molar-refractivity contribution < 1.29 is 80.9 Å². The summed E-state index contributed by atoms with van der Waals surface area (Å²) in [5.41, 5.74) is 0. The molecule has 0 nitrogen and oxygen atoms in total. The SMILES string of the molecule is F.F.F.F.F.F.[H-].[Na+].[Ti]. The van der Waals surface area contributed by atoms with Crippen molar-refractivity contribution in [2.24, 2.45) is 0 Å². The quantitative estimate of drug-likeness (QED) is 0.308. The van der Waals surface area contributed by atoms with Gasteiger partial charge in [0.25, 0.3) is 0 Å². The van der Waals surface area contributed by atoms with Gasteiger partial charge >= 0.3 is 29.6 Å². The molecule has 0 amide bonds. The second kappa shape index (κ2) is 263. The van der Waals surface area contributed by atoms with E-state index < -0.39 is 0 Å². The summed E-state index contributed by atoms with van der Waals surface area (Å²) in [4.78, 5) is 0. The van der Waals surface area contributed by atoms with Crippen LogP contribution in [0.4, 0.5) is 28.2 Å². The van der Waals surface area contributed by atoms with E-state index in [-0.39, 0.29) is 80.9 Å². The number of hydrogen-bond acceptors (Lipinski definition) is 0. The largest absolute Gasteiger partial charge is 1.00 e. The maximum Gasteiger partial charge on any atom is 1.00 e. The predicted molar refractivity (Wildman–Crippen MR) is 16.1 cm³/mol. The molecule has 0 aliphatic rings. The fraction of sp³-hybridized carbons (Fsp3) is 0. The molecule has 0 rings (SSSR count). The first kappa shape index (κ1) is 382. The summed E-state index contributed by atoms with van der Waals surface area (Å²) in [5.74, 6) is 0. The van der Waals surface area contributed by atoms with E-state index in [0.29, 0.717) is 0 Å². The molecule has 8 heavy (non-hydrogen) atoms. The Morgan fingerprint density at radius 3 is 0.500 bits per heavy atom. The van der Waals surface area contributed by atoms with Gasteiger partial charge in [-0.05, 0) is 0 Å². The zero-order valence-corrected chi connectivity index (χ0v) is 7.51. The monoisotopic (exact) mass is 192 g/mol. The first-order valence-corrected chi connectivity index (χ1v) is 0. The molecule has 0 aliphatic heterocycles. The molecule has 8 heteroatoms. The molecule has 0 saturated heterocycles. The summed E-state index contributed by atoms with van der Waals surface area (Å²) >= 11 is 0. The van der Waals surface area contributed by atoms with Gasteiger partial charge in [0, 0.05) is 21.7 Å². The van der Waals surface area contributed by atoms with Crippen LogP contribution < -0.4 is 29.6 Å². The Morgan fingerprint density at radius 1 is 0.500 bits per heavy atom. The van der Waals surface area contributed by atoms with Crippen molar-refractivity contribution in [3.63, 3.8) is 0 Å². The van der Waals surface area contributed by atoms with E-state index in [0.717, 1.165) is 0 Å². The summed E-state index contributed by atoms with van der Waals surface area (Å²) < 4.78 is 0. The van der Waals surface area contributed by atoms with Crippen LogP contribution in [0.15, 0.2) is 0 Å². The van der Waals surface area contributed by atoms with Crippen molar-refractivity contribution in [1.29, 1.82) is 0 Å². The van der Waals surface area contributed by atoms with E-state index in [4.69, 9.17) is 0 Å².